The van der Waals surface area contributed by atoms with Crippen LogP contribution in [0.4, 0.5) is 5.82 Å². The summed E-state index contributed by atoms with van der Waals surface area (Å²) in [7, 11) is 0. The zero-order chi connectivity index (χ0) is 14.1. The Bertz CT molecular complexity index is 634. The number of hydrogen-bond acceptors (Lipinski definition) is 5. The van der Waals surface area contributed by atoms with E-state index in [0.29, 0.717) is 6.10 Å². The van der Waals surface area contributed by atoms with Crippen LogP contribution in [0.5, 0.6) is 0 Å². The predicted molar refractivity (Wildman–Crippen MR) is 86.1 cm³/mol. The summed E-state index contributed by atoms with van der Waals surface area (Å²) in [6.45, 7) is 1.59. The fourth-order valence-corrected chi connectivity index (χ4v) is 4.74. The lowest BCUT2D eigenvalue weighted by Crippen LogP contribution is -2.16. The summed E-state index contributed by atoms with van der Waals surface area (Å²) in [6, 6.07) is 0. The molecule has 0 bridgehead atoms. The lowest BCUT2D eigenvalue weighted by Gasteiger charge is -2.12. The largest absolute Gasteiger partial charge is 0.376 e. The first-order valence-corrected chi connectivity index (χ1v) is 8.84. The van der Waals surface area contributed by atoms with E-state index in [2.05, 4.69) is 15.3 Å². The van der Waals surface area contributed by atoms with Crippen molar-refractivity contribution < 1.29 is 4.74 Å². The van der Waals surface area contributed by atoms with Gasteiger partial charge in [0.2, 0.25) is 0 Å². The van der Waals surface area contributed by atoms with Gasteiger partial charge in [-0.3, -0.25) is 0 Å². The fraction of sp³-hybridized carbons (Fsp3) is 0.625. The Morgan fingerprint density at radius 2 is 2.10 bits per heavy atom. The third-order valence-electron chi connectivity index (χ3n) is 4.55. The van der Waals surface area contributed by atoms with Crippen molar-refractivity contribution >= 4 is 27.4 Å². The molecule has 0 atom stereocenters. The molecule has 1 saturated carbocycles. The lowest BCUT2D eigenvalue weighted by atomic mass is 10.2. The molecular weight excluding hydrogens is 282 g/mol. The first kappa shape index (κ1) is 13.5. The van der Waals surface area contributed by atoms with Gasteiger partial charge in [0.1, 0.15) is 17.0 Å². The highest BCUT2D eigenvalue weighted by Crippen LogP contribution is 2.38. The second-order valence-corrected chi connectivity index (χ2v) is 7.05. The smallest absolute Gasteiger partial charge is 0.138 e. The van der Waals surface area contributed by atoms with Crippen LogP contribution in [0.1, 0.15) is 42.5 Å². The van der Waals surface area contributed by atoms with Crippen LogP contribution in [0.15, 0.2) is 6.33 Å². The highest BCUT2D eigenvalue weighted by molar-refractivity contribution is 7.19. The number of hydrogen-bond donors (Lipinski definition) is 1. The Labute approximate surface area is 128 Å². The predicted octanol–water partition coefficient (Wildman–Crippen LogP) is 3.55. The average Bonchev–Trinajstić information content (AvgIpc) is 3.19. The van der Waals surface area contributed by atoms with Crippen LogP contribution >= 0.6 is 11.3 Å². The van der Waals surface area contributed by atoms with Gasteiger partial charge in [-0.25, -0.2) is 9.97 Å². The Morgan fingerprint density at radius 3 is 3.00 bits per heavy atom. The Kier molecular flexibility index (Phi) is 3.78. The van der Waals surface area contributed by atoms with Crippen molar-refractivity contribution in [3.05, 3.63) is 16.8 Å². The number of aromatic nitrogens is 2. The van der Waals surface area contributed by atoms with Crippen LogP contribution in [0, 0.1) is 0 Å². The van der Waals surface area contributed by atoms with E-state index >= 15 is 0 Å². The summed E-state index contributed by atoms with van der Waals surface area (Å²) >= 11 is 1.84. The van der Waals surface area contributed by atoms with E-state index in [1.165, 1.54) is 60.8 Å². The van der Waals surface area contributed by atoms with Gasteiger partial charge in [0.25, 0.3) is 0 Å². The van der Waals surface area contributed by atoms with Gasteiger partial charge in [-0.2, -0.15) is 0 Å². The van der Waals surface area contributed by atoms with Gasteiger partial charge >= 0.3 is 0 Å². The molecule has 0 spiro atoms. The number of anilines is 1. The topological polar surface area (TPSA) is 47.0 Å². The maximum Gasteiger partial charge on any atom is 0.138 e. The molecule has 112 valence electrons. The van der Waals surface area contributed by atoms with Gasteiger partial charge < -0.3 is 10.1 Å². The van der Waals surface area contributed by atoms with E-state index in [0.717, 1.165) is 23.8 Å². The third kappa shape index (κ3) is 2.64. The lowest BCUT2D eigenvalue weighted by molar-refractivity contribution is 0.0659. The summed E-state index contributed by atoms with van der Waals surface area (Å²) in [5.41, 5.74) is 1.48. The molecule has 2 aliphatic carbocycles. The van der Waals surface area contributed by atoms with E-state index in [4.69, 9.17) is 4.74 Å². The van der Waals surface area contributed by atoms with E-state index in [-0.39, 0.29) is 0 Å². The fourth-order valence-electron chi connectivity index (χ4n) is 3.51. The first-order valence-electron chi connectivity index (χ1n) is 8.02. The molecule has 0 unspecified atom stereocenters. The second kappa shape index (κ2) is 5.89. The van der Waals surface area contributed by atoms with Gasteiger partial charge in [-0.15, -0.1) is 11.3 Å². The van der Waals surface area contributed by atoms with Crippen LogP contribution in [-0.4, -0.2) is 29.2 Å². The summed E-state index contributed by atoms with van der Waals surface area (Å²) in [5.74, 6) is 0.995. The van der Waals surface area contributed by atoms with E-state index < -0.39 is 0 Å². The van der Waals surface area contributed by atoms with E-state index in [1.54, 1.807) is 6.33 Å². The van der Waals surface area contributed by atoms with Gasteiger partial charge in [0.15, 0.2) is 0 Å². The SMILES string of the molecule is c1nc(NCCOC2CCCC2)c2c3c(sc2n1)CCC3. The number of fused-ring (bicyclic) bond motifs is 3. The third-order valence-corrected chi connectivity index (χ3v) is 5.75. The van der Waals surface area contributed by atoms with E-state index in [9.17, 15) is 0 Å². The number of aryl methyl sites for hydroxylation is 2. The molecule has 21 heavy (non-hydrogen) atoms. The molecule has 2 aromatic heterocycles. The van der Waals surface area contributed by atoms with Gasteiger partial charge in [0.05, 0.1) is 18.1 Å². The zero-order valence-electron chi connectivity index (χ0n) is 12.2. The molecule has 0 saturated heterocycles. The molecule has 2 aliphatic rings. The second-order valence-electron chi connectivity index (χ2n) is 5.96. The maximum atomic E-state index is 5.91. The molecule has 0 aromatic carbocycles. The van der Waals surface area contributed by atoms with Crippen molar-refractivity contribution in [1.82, 2.24) is 9.97 Å². The van der Waals surface area contributed by atoms with Crippen molar-refractivity contribution in [3.8, 4) is 0 Å². The monoisotopic (exact) mass is 303 g/mol. The minimum absolute atomic E-state index is 0.489. The van der Waals surface area contributed by atoms with Gasteiger partial charge in [0, 0.05) is 11.4 Å². The van der Waals surface area contributed by atoms with Crippen molar-refractivity contribution in [1.29, 1.82) is 0 Å². The van der Waals surface area contributed by atoms with Gasteiger partial charge in [-0.1, -0.05) is 12.8 Å². The van der Waals surface area contributed by atoms with Crippen molar-refractivity contribution in [2.45, 2.75) is 51.0 Å². The van der Waals surface area contributed by atoms with Crippen LogP contribution in [0.3, 0.4) is 0 Å². The number of rotatable bonds is 5. The van der Waals surface area contributed by atoms with Crippen LogP contribution < -0.4 is 5.32 Å². The Balaban J connectivity index is 1.43. The summed E-state index contributed by atoms with van der Waals surface area (Å²) in [6.07, 6.45) is 10.9. The van der Waals surface area contributed by atoms with Crippen LogP contribution in [0.2, 0.25) is 0 Å². The number of nitrogens with one attached hydrogen (secondary N) is 1. The zero-order valence-corrected chi connectivity index (χ0v) is 13.0. The molecule has 0 aliphatic heterocycles. The molecule has 2 heterocycles. The molecular formula is C16H21N3OS. The summed E-state index contributed by atoms with van der Waals surface area (Å²) in [5, 5.41) is 4.72. The molecule has 2 aromatic rings. The normalized spacial score (nSPS) is 18.5. The Morgan fingerprint density at radius 1 is 1.19 bits per heavy atom. The molecule has 0 amide bonds. The minimum Gasteiger partial charge on any atom is -0.376 e. The maximum absolute atomic E-state index is 5.91. The minimum atomic E-state index is 0.489. The molecule has 0 radical (unpaired) electrons. The number of ether oxygens (including phenoxy) is 1. The standard InChI is InChI=1S/C16H21N3OS/c1-2-5-11(4-1)20-9-8-17-15-14-12-6-3-7-13(12)21-16(14)19-10-18-15/h10-11H,1-9H2,(H,17,18,19). The first-order chi connectivity index (χ1) is 10.4. The van der Waals surface area contributed by atoms with Crippen LogP contribution in [0.25, 0.3) is 10.2 Å². The average molecular weight is 303 g/mol. The summed E-state index contributed by atoms with van der Waals surface area (Å²) in [4.78, 5) is 11.5. The number of thiophene rings is 1. The van der Waals surface area contributed by atoms with Gasteiger partial charge in [-0.05, 0) is 37.7 Å². The molecule has 4 nitrogen and oxygen atoms in total. The molecule has 1 N–H and O–H groups in total. The molecule has 5 heteroatoms. The van der Waals surface area contributed by atoms with Crippen molar-refractivity contribution in [3.63, 3.8) is 0 Å². The molecule has 1 fully saturated rings. The van der Waals surface area contributed by atoms with Crippen LogP contribution in [-0.2, 0) is 17.6 Å². The summed E-state index contributed by atoms with van der Waals surface area (Å²) < 4.78 is 5.91. The highest BCUT2D eigenvalue weighted by Gasteiger charge is 2.21. The Hall–Kier alpha value is -1.20. The van der Waals surface area contributed by atoms with Crippen molar-refractivity contribution in [2.75, 3.05) is 18.5 Å². The molecule has 4 rings (SSSR count). The number of nitrogens with zero attached hydrogens (tertiary/aromatic N) is 2. The highest BCUT2D eigenvalue weighted by atomic mass is 32.1. The van der Waals surface area contributed by atoms with Crippen molar-refractivity contribution in [2.24, 2.45) is 0 Å². The quantitative estimate of drug-likeness (QED) is 0.858. The van der Waals surface area contributed by atoms with E-state index in [1.807, 2.05) is 11.3 Å².